The molecule has 190 valence electrons. The van der Waals surface area contributed by atoms with Crippen LogP contribution in [0.25, 0.3) is 5.70 Å². The van der Waals surface area contributed by atoms with E-state index in [9.17, 15) is 4.79 Å². The van der Waals surface area contributed by atoms with Gasteiger partial charge in [-0.25, -0.2) is 4.99 Å². The van der Waals surface area contributed by atoms with Gasteiger partial charge in [-0.15, -0.1) is 0 Å². The first-order valence-electron chi connectivity index (χ1n) is 12.7. The molecule has 0 unspecified atom stereocenters. The van der Waals surface area contributed by atoms with E-state index < -0.39 is 0 Å². The van der Waals surface area contributed by atoms with Crippen molar-refractivity contribution in [2.45, 2.75) is 0 Å². The molecule has 8 nitrogen and oxygen atoms in total. The molecular formula is C30H28N6O2. The molecule has 0 saturated carbocycles. The van der Waals surface area contributed by atoms with E-state index in [1.54, 1.807) is 6.21 Å². The van der Waals surface area contributed by atoms with Crippen molar-refractivity contribution in [2.75, 3.05) is 45.1 Å². The van der Waals surface area contributed by atoms with Crippen LogP contribution in [0.5, 0.6) is 5.75 Å². The lowest BCUT2D eigenvalue weighted by Gasteiger charge is -2.32. The first-order valence-corrected chi connectivity index (χ1v) is 12.7. The van der Waals surface area contributed by atoms with Gasteiger partial charge < -0.3 is 19.9 Å². The van der Waals surface area contributed by atoms with E-state index in [1.807, 2.05) is 83.8 Å². The van der Waals surface area contributed by atoms with E-state index in [4.69, 9.17) is 9.73 Å². The highest BCUT2D eigenvalue weighted by molar-refractivity contribution is 6.46. The molecule has 0 spiro atoms. The third kappa shape index (κ3) is 4.99. The number of amides is 1. The van der Waals surface area contributed by atoms with Crippen LogP contribution < -0.4 is 10.1 Å². The maximum absolute atomic E-state index is 13.4. The van der Waals surface area contributed by atoms with Crippen LogP contribution in [0, 0.1) is 0 Å². The number of fused-ring (bicyclic) bond motifs is 2. The molecule has 6 rings (SSSR count). The number of anilines is 1. The van der Waals surface area contributed by atoms with Crippen molar-refractivity contribution in [1.29, 1.82) is 0 Å². The average Bonchev–Trinajstić information content (AvgIpc) is 3.28. The number of ether oxygens (including phenoxy) is 1. The predicted octanol–water partition coefficient (Wildman–Crippen LogP) is 4.54. The fourth-order valence-electron chi connectivity index (χ4n) is 4.65. The zero-order chi connectivity index (χ0) is 25.9. The Labute approximate surface area is 221 Å². The van der Waals surface area contributed by atoms with E-state index in [0.29, 0.717) is 36.1 Å². The minimum absolute atomic E-state index is 0.0550. The molecule has 0 radical (unpaired) electrons. The molecule has 3 aromatic rings. The number of hydrogen-bond acceptors (Lipinski definition) is 7. The molecular weight excluding hydrogens is 476 g/mol. The average molecular weight is 505 g/mol. The van der Waals surface area contributed by atoms with E-state index in [2.05, 4.69) is 27.2 Å². The molecule has 38 heavy (non-hydrogen) atoms. The second-order valence-corrected chi connectivity index (χ2v) is 9.41. The minimum Gasteiger partial charge on any atom is -0.441 e. The monoisotopic (exact) mass is 504 g/mol. The smallest absolute Gasteiger partial charge is 0.272 e. The van der Waals surface area contributed by atoms with Gasteiger partial charge in [-0.05, 0) is 61.2 Å². The molecule has 3 aliphatic rings. The van der Waals surface area contributed by atoms with Crippen LogP contribution in [0.2, 0.25) is 0 Å². The third-order valence-corrected chi connectivity index (χ3v) is 6.80. The summed E-state index contributed by atoms with van der Waals surface area (Å²) >= 11 is 0. The van der Waals surface area contributed by atoms with Gasteiger partial charge in [0.05, 0.1) is 17.1 Å². The van der Waals surface area contributed by atoms with Gasteiger partial charge in [0, 0.05) is 43.7 Å². The molecule has 1 N–H and O–H groups in total. The lowest BCUT2D eigenvalue weighted by Crippen LogP contribution is -2.49. The summed E-state index contributed by atoms with van der Waals surface area (Å²) in [5, 5.41) is 3.46. The van der Waals surface area contributed by atoms with Crippen LogP contribution in [0.4, 0.5) is 17.1 Å². The first kappa shape index (κ1) is 23.8. The summed E-state index contributed by atoms with van der Waals surface area (Å²) in [5.74, 6) is 1.04. The van der Waals surface area contributed by atoms with Crippen LogP contribution in [0.1, 0.15) is 11.1 Å². The van der Waals surface area contributed by atoms with Gasteiger partial charge in [0.1, 0.15) is 18.0 Å². The molecule has 3 heterocycles. The highest BCUT2D eigenvalue weighted by atomic mass is 16.5. The van der Waals surface area contributed by atoms with E-state index >= 15 is 0 Å². The Morgan fingerprint density at radius 3 is 2.45 bits per heavy atom. The number of piperazine rings is 1. The Kier molecular flexibility index (Phi) is 6.54. The van der Waals surface area contributed by atoms with Gasteiger partial charge in [0.15, 0.2) is 0 Å². The first-order chi connectivity index (χ1) is 18.6. The van der Waals surface area contributed by atoms with Gasteiger partial charge in [0.25, 0.3) is 5.91 Å². The Morgan fingerprint density at radius 1 is 0.895 bits per heavy atom. The highest BCUT2D eigenvalue weighted by Gasteiger charge is 2.27. The number of para-hydroxylation sites is 3. The zero-order valence-electron chi connectivity index (χ0n) is 21.2. The van der Waals surface area contributed by atoms with Crippen molar-refractivity contribution in [2.24, 2.45) is 15.0 Å². The summed E-state index contributed by atoms with van der Waals surface area (Å²) < 4.78 is 6.15. The topological polar surface area (TPSA) is 81.9 Å². The lowest BCUT2D eigenvalue weighted by molar-refractivity contribution is -0.125. The summed E-state index contributed by atoms with van der Waals surface area (Å²) in [4.78, 5) is 31.4. The van der Waals surface area contributed by atoms with E-state index in [0.717, 1.165) is 41.3 Å². The number of carbonyl (C=O) groups excluding carboxylic acids is 1. The number of allylic oxidation sites excluding steroid dienone is 1. The number of likely N-dealkylation sites (N-methyl/N-ethyl adjacent to an activating group) is 1. The van der Waals surface area contributed by atoms with Crippen LogP contribution in [-0.4, -0.2) is 73.3 Å². The maximum Gasteiger partial charge on any atom is 0.272 e. The summed E-state index contributed by atoms with van der Waals surface area (Å²) in [5.41, 5.74) is 5.67. The highest BCUT2D eigenvalue weighted by Crippen LogP contribution is 2.30. The Bertz CT molecular complexity index is 1480. The van der Waals surface area contributed by atoms with E-state index in [-0.39, 0.29) is 12.5 Å². The van der Waals surface area contributed by atoms with Gasteiger partial charge in [-0.1, -0.05) is 30.3 Å². The van der Waals surface area contributed by atoms with Gasteiger partial charge in [-0.3, -0.25) is 14.8 Å². The molecule has 1 amide bonds. The maximum atomic E-state index is 13.4. The van der Waals surface area contributed by atoms with E-state index in [1.165, 1.54) is 0 Å². The lowest BCUT2D eigenvalue weighted by atomic mass is 10.1. The standard InChI is InChI=1S/C30H28N6O2/c1-35-16-18-36(19-17-35)30(37)29-23-6-2-3-7-25(23)34-28(20-32-29)38-22-12-10-21(11-13-22)24-14-15-31-26-8-4-5-9-27(26)33-24/h2-15,33H,16-20H2,1H3. The number of aliphatic imine (C=N–C) groups is 3. The van der Waals surface area contributed by atoms with Gasteiger partial charge >= 0.3 is 0 Å². The van der Waals surface area contributed by atoms with Gasteiger partial charge in [-0.2, -0.15) is 0 Å². The number of benzene rings is 3. The van der Waals surface area contributed by atoms with Crippen LogP contribution in [-0.2, 0) is 4.79 Å². The molecule has 1 saturated heterocycles. The molecule has 0 aliphatic carbocycles. The quantitative estimate of drug-likeness (QED) is 0.568. The van der Waals surface area contributed by atoms with Crippen molar-refractivity contribution in [3.63, 3.8) is 0 Å². The van der Waals surface area contributed by atoms with Crippen LogP contribution >= 0.6 is 0 Å². The second kappa shape index (κ2) is 10.4. The third-order valence-electron chi connectivity index (χ3n) is 6.80. The Morgan fingerprint density at radius 2 is 1.63 bits per heavy atom. The molecule has 0 aromatic heterocycles. The van der Waals surface area contributed by atoms with Crippen LogP contribution in [0.3, 0.4) is 0 Å². The summed E-state index contributed by atoms with van der Waals surface area (Å²) in [6, 6.07) is 23.4. The molecule has 3 aliphatic heterocycles. The summed E-state index contributed by atoms with van der Waals surface area (Å²) in [6.45, 7) is 3.28. The molecule has 1 fully saturated rings. The van der Waals surface area contributed by atoms with Crippen molar-refractivity contribution in [1.82, 2.24) is 9.80 Å². The number of rotatable bonds is 3. The van der Waals surface area contributed by atoms with Crippen molar-refractivity contribution in [3.8, 4) is 5.75 Å². The SMILES string of the molecule is CN1CCN(C(=O)C2=NCC(Oc3ccc(C4=CC=Nc5ccccc5N4)cc3)=Nc3ccccc32)CC1. The Hall–Kier alpha value is -4.56. The van der Waals surface area contributed by atoms with Crippen LogP contribution in [0.15, 0.2) is 93.8 Å². The number of nitrogens with zero attached hydrogens (tertiary/aromatic N) is 5. The molecule has 3 aromatic carbocycles. The minimum atomic E-state index is -0.0550. The second-order valence-electron chi connectivity index (χ2n) is 9.41. The fraction of sp³-hybridized carbons (Fsp3) is 0.200. The fourth-order valence-corrected chi connectivity index (χ4v) is 4.65. The molecule has 0 bridgehead atoms. The normalized spacial score (nSPS) is 17.1. The largest absolute Gasteiger partial charge is 0.441 e. The molecule has 0 atom stereocenters. The number of hydrogen-bond donors (Lipinski definition) is 1. The van der Waals surface area contributed by atoms with Crippen molar-refractivity contribution >= 4 is 46.5 Å². The zero-order valence-corrected chi connectivity index (χ0v) is 21.2. The summed E-state index contributed by atoms with van der Waals surface area (Å²) in [6.07, 6.45) is 3.76. The van der Waals surface area contributed by atoms with Gasteiger partial charge in [0.2, 0.25) is 5.90 Å². The number of carbonyl (C=O) groups is 1. The predicted molar refractivity (Wildman–Crippen MR) is 152 cm³/mol. The van der Waals surface area contributed by atoms with Crippen molar-refractivity contribution < 1.29 is 9.53 Å². The van der Waals surface area contributed by atoms with Crippen molar-refractivity contribution in [3.05, 3.63) is 90.0 Å². The molecule has 8 heteroatoms. The number of nitrogens with one attached hydrogen (secondary N) is 1. The summed E-state index contributed by atoms with van der Waals surface area (Å²) in [7, 11) is 2.07. The Balaban J connectivity index is 1.20.